The lowest BCUT2D eigenvalue weighted by Crippen LogP contribution is -2.35. The highest BCUT2D eigenvalue weighted by molar-refractivity contribution is 7.19. The highest BCUT2D eigenvalue weighted by Gasteiger charge is 2.19. The minimum atomic E-state index is 0.00285. The summed E-state index contributed by atoms with van der Waals surface area (Å²) in [5.41, 5.74) is 2.33. The second kappa shape index (κ2) is 8.41. The number of hydrogen-bond donors (Lipinski definition) is 1. The van der Waals surface area contributed by atoms with Crippen LogP contribution < -0.4 is 5.32 Å². The Balaban J connectivity index is 1.67. The van der Waals surface area contributed by atoms with Crippen molar-refractivity contribution < 1.29 is 4.79 Å². The highest BCUT2D eigenvalue weighted by Crippen LogP contribution is 2.32. The third-order valence-electron chi connectivity index (χ3n) is 5.23. The molecule has 2 aromatic heterocycles. The van der Waals surface area contributed by atoms with Crippen LogP contribution in [0.2, 0.25) is 4.34 Å². The van der Waals surface area contributed by atoms with Gasteiger partial charge in [0.1, 0.15) is 0 Å². The largest absolute Gasteiger partial charge is 0.349 e. The minimum absolute atomic E-state index is 0.00285. The van der Waals surface area contributed by atoms with Crippen LogP contribution in [-0.4, -0.2) is 16.9 Å². The van der Waals surface area contributed by atoms with Gasteiger partial charge in [0, 0.05) is 11.4 Å². The van der Waals surface area contributed by atoms with E-state index in [9.17, 15) is 4.79 Å². The van der Waals surface area contributed by atoms with Gasteiger partial charge in [-0.25, -0.2) is 4.98 Å². The van der Waals surface area contributed by atoms with Gasteiger partial charge in [0.2, 0.25) is 0 Å². The predicted molar refractivity (Wildman–Crippen MR) is 114 cm³/mol. The maximum absolute atomic E-state index is 13.2. The van der Waals surface area contributed by atoms with Gasteiger partial charge in [-0.15, -0.1) is 11.3 Å². The molecule has 5 heteroatoms. The van der Waals surface area contributed by atoms with E-state index >= 15 is 0 Å². The Hall–Kier alpha value is -1.91. The first-order chi connectivity index (χ1) is 13.2. The van der Waals surface area contributed by atoms with Crippen molar-refractivity contribution in [1.29, 1.82) is 0 Å². The van der Waals surface area contributed by atoms with Gasteiger partial charge < -0.3 is 5.32 Å². The second-order valence-corrected chi connectivity index (χ2v) is 8.91. The molecule has 0 aliphatic heterocycles. The molecular formula is C22H23ClN2OS. The number of aromatic nitrogens is 1. The Morgan fingerprint density at radius 1 is 1.04 bits per heavy atom. The van der Waals surface area contributed by atoms with Gasteiger partial charge in [0.25, 0.3) is 5.91 Å². The summed E-state index contributed by atoms with van der Waals surface area (Å²) in [5.74, 6) is 0.00285. The SMILES string of the molecule is O=C(NC1CCCCCCC1)c1cc(-c2ccc(Cl)s2)nc2ccccc12. The monoisotopic (exact) mass is 398 g/mol. The number of benzene rings is 1. The van der Waals surface area contributed by atoms with Gasteiger partial charge in [-0.05, 0) is 37.1 Å². The van der Waals surface area contributed by atoms with Gasteiger partial charge in [-0.2, -0.15) is 0 Å². The van der Waals surface area contributed by atoms with E-state index in [1.807, 2.05) is 42.5 Å². The number of nitrogens with one attached hydrogen (secondary N) is 1. The Morgan fingerprint density at radius 3 is 2.52 bits per heavy atom. The number of nitrogens with zero attached hydrogens (tertiary/aromatic N) is 1. The number of pyridine rings is 1. The van der Waals surface area contributed by atoms with E-state index in [2.05, 4.69) is 5.32 Å². The fraction of sp³-hybridized carbons (Fsp3) is 0.364. The Kier molecular flexibility index (Phi) is 5.74. The minimum Gasteiger partial charge on any atom is -0.349 e. The van der Waals surface area contributed by atoms with Crippen molar-refractivity contribution >= 4 is 39.7 Å². The van der Waals surface area contributed by atoms with Crippen LogP contribution in [0.25, 0.3) is 21.5 Å². The van der Waals surface area contributed by atoms with Crippen molar-refractivity contribution in [2.24, 2.45) is 0 Å². The first-order valence-corrected chi connectivity index (χ1v) is 10.9. The summed E-state index contributed by atoms with van der Waals surface area (Å²) in [7, 11) is 0. The molecule has 140 valence electrons. The van der Waals surface area contributed by atoms with Crippen LogP contribution in [0.4, 0.5) is 0 Å². The van der Waals surface area contributed by atoms with E-state index in [-0.39, 0.29) is 11.9 Å². The third kappa shape index (κ3) is 4.33. The Labute approximate surface area is 168 Å². The number of fused-ring (bicyclic) bond motifs is 1. The van der Waals surface area contributed by atoms with Crippen LogP contribution in [0.5, 0.6) is 0 Å². The lowest BCUT2D eigenvalue weighted by molar-refractivity contribution is 0.0932. The fourth-order valence-electron chi connectivity index (χ4n) is 3.81. The van der Waals surface area contributed by atoms with Gasteiger partial charge in [-0.3, -0.25) is 4.79 Å². The molecule has 0 atom stereocenters. The maximum atomic E-state index is 13.2. The molecule has 1 aromatic carbocycles. The summed E-state index contributed by atoms with van der Waals surface area (Å²) >= 11 is 7.58. The Morgan fingerprint density at radius 2 is 1.78 bits per heavy atom. The normalized spacial score (nSPS) is 16.0. The second-order valence-electron chi connectivity index (χ2n) is 7.19. The third-order valence-corrected chi connectivity index (χ3v) is 6.48. The van der Waals surface area contributed by atoms with E-state index in [0.717, 1.165) is 38.7 Å². The number of amides is 1. The van der Waals surface area contributed by atoms with Crippen LogP contribution in [0.15, 0.2) is 42.5 Å². The van der Waals surface area contributed by atoms with Crippen LogP contribution in [0.1, 0.15) is 55.3 Å². The quantitative estimate of drug-likeness (QED) is 0.550. The molecule has 1 N–H and O–H groups in total. The molecule has 3 nitrogen and oxygen atoms in total. The van der Waals surface area contributed by atoms with Crippen LogP contribution >= 0.6 is 22.9 Å². The number of hydrogen-bond acceptors (Lipinski definition) is 3. The zero-order valence-electron chi connectivity index (χ0n) is 15.2. The zero-order valence-corrected chi connectivity index (χ0v) is 16.8. The summed E-state index contributed by atoms with van der Waals surface area (Å²) in [6.07, 6.45) is 8.40. The maximum Gasteiger partial charge on any atom is 0.252 e. The van der Waals surface area contributed by atoms with Gasteiger partial charge >= 0.3 is 0 Å². The van der Waals surface area contributed by atoms with Gasteiger partial charge in [0.15, 0.2) is 0 Å². The average molecular weight is 399 g/mol. The molecule has 1 aliphatic rings. The summed E-state index contributed by atoms with van der Waals surface area (Å²) < 4.78 is 0.723. The van der Waals surface area contributed by atoms with Gasteiger partial charge in [-0.1, -0.05) is 61.9 Å². The molecule has 3 aromatic rings. The van der Waals surface area contributed by atoms with E-state index in [1.165, 1.54) is 43.4 Å². The summed E-state index contributed by atoms with van der Waals surface area (Å²) in [5, 5.41) is 4.19. The summed E-state index contributed by atoms with van der Waals surface area (Å²) in [6.45, 7) is 0. The van der Waals surface area contributed by atoms with E-state index in [0.29, 0.717) is 5.56 Å². The molecule has 1 saturated carbocycles. The first kappa shape index (κ1) is 18.5. The molecule has 1 fully saturated rings. The fourth-order valence-corrected chi connectivity index (χ4v) is 4.81. The lowest BCUT2D eigenvalue weighted by atomic mass is 9.96. The number of carbonyl (C=O) groups is 1. The number of para-hydroxylation sites is 1. The highest BCUT2D eigenvalue weighted by atomic mass is 35.5. The number of carbonyl (C=O) groups excluding carboxylic acids is 1. The van der Waals surface area contributed by atoms with Crippen molar-refractivity contribution in [3.63, 3.8) is 0 Å². The molecule has 0 unspecified atom stereocenters. The average Bonchev–Trinajstić information content (AvgIpc) is 3.09. The van der Waals surface area contributed by atoms with Crippen LogP contribution in [0, 0.1) is 0 Å². The van der Waals surface area contributed by atoms with E-state index < -0.39 is 0 Å². The smallest absolute Gasteiger partial charge is 0.252 e. The molecule has 0 bridgehead atoms. The Bertz CT molecular complexity index is 944. The molecule has 0 spiro atoms. The topological polar surface area (TPSA) is 42.0 Å². The number of thiophene rings is 1. The number of halogens is 1. The molecule has 1 aliphatic carbocycles. The summed E-state index contributed by atoms with van der Waals surface area (Å²) in [6, 6.07) is 13.8. The zero-order chi connectivity index (χ0) is 18.6. The molecule has 1 amide bonds. The predicted octanol–water partition coefficient (Wildman–Crippen LogP) is 6.46. The van der Waals surface area contributed by atoms with Gasteiger partial charge in [0.05, 0.1) is 26.0 Å². The van der Waals surface area contributed by atoms with Crippen LogP contribution in [0.3, 0.4) is 0 Å². The van der Waals surface area contributed by atoms with E-state index in [4.69, 9.17) is 16.6 Å². The first-order valence-electron chi connectivity index (χ1n) is 9.67. The van der Waals surface area contributed by atoms with Crippen molar-refractivity contribution in [2.45, 2.75) is 51.0 Å². The van der Waals surface area contributed by atoms with Crippen LogP contribution in [-0.2, 0) is 0 Å². The molecule has 27 heavy (non-hydrogen) atoms. The summed E-state index contributed by atoms with van der Waals surface area (Å²) in [4.78, 5) is 18.9. The molecule has 4 rings (SSSR count). The molecule has 0 saturated heterocycles. The molecule has 0 radical (unpaired) electrons. The van der Waals surface area contributed by atoms with E-state index in [1.54, 1.807) is 0 Å². The van der Waals surface area contributed by atoms with Crippen molar-refractivity contribution in [3.8, 4) is 10.6 Å². The molecular weight excluding hydrogens is 376 g/mol. The molecule has 2 heterocycles. The van der Waals surface area contributed by atoms with Crippen molar-refractivity contribution in [3.05, 3.63) is 52.4 Å². The standard InChI is InChI=1S/C22H23ClN2OS/c23-21-13-12-20(27-21)19-14-17(16-10-6-7-11-18(16)25-19)22(26)24-15-8-4-2-1-3-5-9-15/h6-7,10-15H,1-5,8-9H2,(H,24,26). The lowest BCUT2D eigenvalue weighted by Gasteiger charge is -2.21. The van der Waals surface area contributed by atoms with Crippen molar-refractivity contribution in [1.82, 2.24) is 10.3 Å². The van der Waals surface area contributed by atoms with Crippen molar-refractivity contribution in [2.75, 3.05) is 0 Å². The number of rotatable bonds is 3.